The normalized spacial score (nSPS) is 12.0. The van der Waals surface area contributed by atoms with Crippen LogP contribution >= 0.6 is 7.60 Å². The van der Waals surface area contributed by atoms with Crippen molar-refractivity contribution in [3.63, 3.8) is 0 Å². The van der Waals surface area contributed by atoms with Crippen molar-refractivity contribution in [2.24, 2.45) is 4.99 Å². The summed E-state index contributed by atoms with van der Waals surface area (Å²) in [5, 5.41) is 11.0. The van der Waals surface area contributed by atoms with Crippen LogP contribution in [0.5, 0.6) is 0 Å². The van der Waals surface area contributed by atoms with Gasteiger partial charge in [-0.25, -0.2) is 4.98 Å². The van der Waals surface area contributed by atoms with Crippen molar-refractivity contribution < 1.29 is 14.4 Å². The minimum absolute atomic E-state index is 0.0222. The van der Waals surface area contributed by atoms with Crippen LogP contribution in [0.3, 0.4) is 0 Å². The molecule has 2 rings (SSSR count). The van der Waals surface area contributed by atoms with Crippen molar-refractivity contribution in [2.75, 3.05) is 11.9 Å². The second-order valence-corrected chi connectivity index (χ2v) is 5.81. The second-order valence-electron chi connectivity index (χ2n) is 4.30. The Kier molecular flexibility index (Phi) is 5.07. The van der Waals surface area contributed by atoms with Crippen LogP contribution in [-0.4, -0.2) is 31.9 Å². The van der Waals surface area contributed by atoms with Gasteiger partial charge < -0.3 is 20.1 Å². The van der Waals surface area contributed by atoms with E-state index in [0.717, 1.165) is 5.56 Å². The molecule has 0 spiro atoms. The number of amidine groups is 1. The van der Waals surface area contributed by atoms with Crippen LogP contribution in [0.4, 0.5) is 5.69 Å². The first-order chi connectivity index (χ1) is 10.5. The smallest absolute Gasteiger partial charge is 0.345 e. The van der Waals surface area contributed by atoms with Gasteiger partial charge in [-0.05, 0) is 24.3 Å². The maximum absolute atomic E-state index is 11.4. The molecule has 1 heterocycles. The van der Waals surface area contributed by atoms with Gasteiger partial charge in [-0.1, -0.05) is 0 Å². The van der Waals surface area contributed by atoms with Gasteiger partial charge in [0.05, 0.1) is 19.0 Å². The number of hydrogen-bond acceptors (Lipinski definition) is 4. The van der Waals surface area contributed by atoms with E-state index < -0.39 is 13.2 Å². The molecule has 0 amide bonds. The second kappa shape index (κ2) is 7.00. The number of nitrogens with zero attached hydrogens (tertiary/aromatic N) is 3. The first-order valence-electron chi connectivity index (χ1n) is 6.35. The van der Waals surface area contributed by atoms with Gasteiger partial charge in [0, 0.05) is 23.6 Å². The molecule has 0 aliphatic rings. The molecule has 2 aromatic rings. The summed E-state index contributed by atoms with van der Waals surface area (Å²) in [6, 6.07) is 8.70. The number of imidazole rings is 1. The topological polar surface area (TPSA) is 134 Å². The fraction of sp³-hybridized carbons (Fsp3) is 0.154. The summed E-state index contributed by atoms with van der Waals surface area (Å²) in [4.78, 5) is 29.4. The standard InChI is InChI=1S/C13H14N5O3P/c14-6-1-7-17-13(22(19,20)21)18-11-4-2-10(3-5-11)12-15-8-9-16-12/h2-5,8-9H,1,7H2,(H,15,16)(H,17,18)(H2,19,20,21). The predicted octanol–water partition coefficient (Wildman–Crippen LogP) is 1.94. The van der Waals surface area contributed by atoms with E-state index in [-0.39, 0.29) is 13.0 Å². The fourth-order valence-corrected chi connectivity index (χ4v) is 2.24. The number of hydrogen-bond donors (Lipinski definition) is 4. The molecule has 114 valence electrons. The average Bonchev–Trinajstić information content (AvgIpc) is 3.00. The monoisotopic (exact) mass is 319 g/mol. The highest BCUT2D eigenvalue weighted by Crippen LogP contribution is 2.37. The van der Waals surface area contributed by atoms with Gasteiger partial charge in [0.1, 0.15) is 5.82 Å². The van der Waals surface area contributed by atoms with Crippen molar-refractivity contribution in [3.05, 3.63) is 36.7 Å². The molecule has 0 aliphatic heterocycles. The first kappa shape index (κ1) is 15.9. The lowest BCUT2D eigenvalue weighted by Crippen LogP contribution is -2.13. The maximum atomic E-state index is 11.4. The van der Waals surface area contributed by atoms with Crippen LogP contribution in [-0.2, 0) is 4.57 Å². The summed E-state index contributed by atoms with van der Waals surface area (Å²) in [6.07, 6.45) is 3.42. The number of aliphatic imine (C=N–C) groups is 1. The highest BCUT2D eigenvalue weighted by Gasteiger charge is 2.23. The lowest BCUT2D eigenvalue weighted by Gasteiger charge is -2.11. The first-order valence-corrected chi connectivity index (χ1v) is 7.96. The molecule has 0 unspecified atom stereocenters. The summed E-state index contributed by atoms with van der Waals surface area (Å²) in [5.74, 6) is 0.699. The Hall–Kier alpha value is -2.46. The van der Waals surface area contributed by atoms with Gasteiger partial charge >= 0.3 is 7.60 Å². The van der Waals surface area contributed by atoms with Crippen LogP contribution in [0.15, 0.2) is 41.7 Å². The van der Waals surface area contributed by atoms with E-state index in [9.17, 15) is 14.4 Å². The summed E-state index contributed by atoms with van der Waals surface area (Å²) in [7, 11) is -4.53. The Balaban J connectivity index is 2.15. The Morgan fingerprint density at radius 1 is 1.41 bits per heavy atom. The molecule has 4 N–H and O–H groups in total. The summed E-state index contributed by atoms with van der Waals surface area (Å²) >= 11 is 0. The number of aromatic nitrogens is 2. The van der Waals surface area contributed by atoms with E-state index in [1.807, 2.05) is 6.07 Å². The van der Waals surface area contributed by atoms with Crippen LogP contribution < -0.4 is 5.32 Å². The number of nitrogens with one attached hydrogen (secondary N) is 2. The van der Waals surface area contributed by atoms with E-state index in [1.54, 1.807) is 36.7 Å². The minimum Gasteiger partial charge on any atom is -0.345 e. The third-order valence-electron chi connectivity index (χ3n) is 2.67. The van der Waals surface area contributed by atoms with Gasteiger partial charge in [0.15, 0.2) is 0 Å². The van der Waals surface area contributed by atoms with Crippen LogP contribution in [0.2, 0.25) is 0 Å². The minimum atomic E-state index is -4.53. The van der Waals surface area contributed by atoms with Crippen LogP contribution in [0.25, 0.3) is 11.4 Å². The molecular formula is C13H14N5O3P. The predicted molar refractivity (Wildman–Crippen MR) is 82.2 cm³/mol. The van der Waals surface area contributed by atoms with Crippen molar-refractivity contribution in [2.45, 2.75) is 6.42 Å². The molecule has 0 saturated heterocycles. The van der Waals surface area contributed by atoms with Crippen molar-refractivity contribution in [3.8, 4) is 17.5 Å². The molecule has 0 bridgehead atoms. The van der Waals surface area contributed by atoms with Crippen molar-refractivity contribution >= 4 is 18.9 Å². The number of rotatable bonds is 5. The van der Waals surface area contributed by atoms with E-state index >= 15 is 0 Å². The number of nitriles is 1. The zero-order valence-electron chi connectivity index (χ0n) is 11.5. The number of aromatic amines is 1. The Morgan fingerprint density at radius 3 is 2.68 bits per heavy atom. The van der Waals surface area contributed by atoms with Gasteiger partial charge in [0.2, 0.25) is 5.58 Å². The number of benzene rings is 1. The van der Waals surface area contributed by atoms with E-state index in [1.165, 1.54) is 0 Å². The van der Waals surface area contributed by atoms with Crippen LogP contribution in [0, 0.1) is 11.3 Å². The number of H-pyrrole nitrogens is 1. The highest BCUT2D eigenvalue weighted by atomic mass is 31.2. The van der Waals surface area contributed by atoms with Gasteiger partial charge in [-0.2, -0.15) is 5.26 Å². The molecule has 0 atom stereocenters. The largest absolute Gasteiger partial charge is 0.390 e. The van der Waals surface area contributed by atoms with Crippen molar-refractivity contribution in [1.29, 1.82) is 5.26 Å². The van der Waals surface area contributed by atoms with E-state index in [0.29, 0.717) is 11.5 Å². The SMILES string of the molecule is N#CCCN=C(Nc1ccc(-c2ncc[nH]2)cc1)P(=O)(O)O. The van der Waals surface area contributed by atoms with Gasteiger partial charge in [0.25, 0.3) is 0 Å². The zero-order valence-corrected chi connectivity index (χ0v) is 12.4. The molecular weight excluding hydrogens is 305 g/mol. The molecule has 9 heteroatoms. The van der Waals surface area contributed by atoms with Gasteiger partial charge in [-0.15, -0.1) is 0 Å². The molecule has 0 radical (unpaired) electrons. The summed E-state index contributed by atoms with van der Waals surface area (Å²) in [5.41, 5.74) is 0.873. The molecule has 8 nitrogen and oxygen atoms in total. The zero-order chi connectivity index (χ0) is 16.0. The summed E-state index contributed by atoms with van der Waals surface area (Å²) in [6.45, 7) is 0.0222. The molecule has 1 aromatic carbocycles. The quantitative estimate of drug-likeness (QED) is 0.288. The lowest BCUT2D eigenvalue weighted by atomic mass is 10.2. The Labute approximate surface area is 126 Å². The number of anilines is 1. The Bertz CT molecular complexity index is 728. The van der Waals surface area contributed by atoms with Crippen molar-refractivity contribution in [1.82, 2.24) is 9.97 Å². The summed E-state index contributed by atoms with van der Waals surface area (Å²) < 4.78 is 11.4. The van der Waals surface area contributed by atoms with E-state index in [2.05, 4.69) is 20.3 Å². The maximum Gasteiger partial charge on any atom is 0.390 e. The third kappa shape index (κ3) is 4.27. The molecule has 22 heavy (non-hydrogen) atoms. The van der Waals surface area contributed by atoms with Gasteiger partial charge in [-0.3, -0.25) is 9.56 Å². The lowest BCUT2D eigenvalue weighted by molar-refractivity contribution is 0.390. The highest BCUT2D eigenvalue weighted by molar-refractivity contribution is 7.70. The molecule has 1 aromatic heterocycles. The average molecular weight is 319 g/mol. The van der Waals surface area contributed by atoms with E-state index in [4.69, 9.17) is 5.26 Å². The molecule has 0 saturated carbocycles. The fourth-order valence-electron chi connectivity index (χ4n) is 1.68. The Morgan fingerprint density at radius 2 is 2.14 bits per heavy atom. The third-order valence-corrected chi connectivity index (χ3v) is 3.48. The van der Waals surface area contributed by atoms with Crippen LogP contribution in [0.1, 0.15) is 6.42 Å². The molecule has 0 aliphatic carbocycles. The molecule has 0 fully saturated rings.